The van der Waals surface area contributed by atoms with Gasteiger partial charge in [0.2, 0.25) is 10.0 Å². The van der Waals surface area contributed by atoms with E-state index in [2.05, 4.69) is 10.0 Å². The number of sulfonamides is 1. The van der Waals surface area contributed by atoms with Gasteiger partial charge in [0, 0.05) is 25.7 Å². The molecule has 2 fully saturated rings. The fourth-order valence-electron chi connectivity index (χ4n) is 1.99. The Balaban J connectivity index is 1.41. The smallest absolute Gasteiger partial charge is 0.250 e. The monoisotopic (exact) mass is 330 g/mol. The number of ether oxygens (including phenoxy) is 1. The summed E-state index contributed by atoms with van der Waals surface area (Å²) in [6.07, 6.45) is 4.96. The Morgan fingerprint density at radius 3 is 2.81 bits per heavy atom. The van der Waals surface area contributed by atoms with Crippen molar-refractivity contribution >= 4 is 21.4 Å². The van der Waals surface area contributed by atoms with Crippen LogP contribution in [0.25, 0.3) is 0 Å². The summed E-state index contributed by atoms with van der Waals surface area (Å²) >= 11 is 1.28. The molecule has 0 spiro atoms. The van der Waals surface area contributed by atoms with E-state index in [0.29, 0.717) is 29.3 Å². The third-order valence-corrected chi connectivity index (χ3v) is 6.61. The van der Waals surface area contributed by atoms with E-state index in [1.54, 1.807) is 6.07 Å². The van der Waals surface area contributed by atoms with Crippen LogP contribution in [0, 0.1) is 5.92 Å². The predicted octanol–water partition coefficient (Wildman–Crippen LogP) is 1.70. The summed E-state index contributed by atoms with van der Waals surface area (Å²) in [5.41, 5.74) is 1.04. The lowest BCUT2D eigenvalue weighted by Gasteiger charge is -2.05. The van der Waals surface area contributed by atoms with E-state index in [9.17, 15) is 8.42 Å². The van der Waals surface area contributed by atoms with E-state index in [1.807, 2.05) is 5.38 Å². The zero-order valence-electron chi connectivity index (χ0n) is 12.0. The molecule has 0 amide bonds. The summed E-state index contributed by atoms with van der Waals surface area (Å²) in [5.74, 6) is 0.709. The van der Waals surface area contributed by atoms with E-state index >= 15 is 0 Å². The standard InChI is InChI=1S/C14H22N2O3S2/c17-21(18,16-5-6-19-9-11-1-2-11)14-7-12(10-20-14)8-15-13-3-4-13/h7,10-11,13,15-16H,1-6,8-9H2. The van der Waals surface area contributed by atoms with E-state index in [0.717, 1.165) is 18.7 Å². The van der Waals surface area contributed by atoms with E-state index in [1.165, 1.54) is 37.0 Å². The van der Waals surface area contributed by atoms with Crippen LogP contribution < -0.4 is 10.0 Å². The Hall–Kier alpha value is -0.470. The van der Waals surface area contributed by atoms with Crippen molar-refractivity contribution in [2.45, 2.75) is 42.5 Å². The average Bonchev–Trinajstić information content (AvgIpc) is 3.37. The van der Waals surface area contributed by atoms with Crippen molar-refractivity contribution in [2.75, 3.05) is 19.8 Å². The SMILES string of the molecule is O=S(=O)(NCCOCC1CC1)c1cc(CNC2CC2)cs1. The maximum Gasteiger partial charge on any atom is 0.250 e. The zero-order valence-corrected chi connectivity index (χ0v) is 13.6. The average molecular weight is 330 g/mol. The molecule has 0 bridgehead atoms. The van der Waals surface area contributed by atoms with Crippen molar-refractivity contribution in [3.63, 3.8) is 0 Å². The highest BCUT2D eigenvalue weighted by Gasteiger charge is 2.22. The molecule has 5 nitrogen and oxygen atoms in total. The number of thiophene rings is 1. The second kappa shape index (κ2) is 6.75. The first kappa shape index (κ1) is 15.4. The lowest BCUT2D eigenvalue weighted by atomic mass is 10.3. The molecule has 0 saturated heterocycles. The van der Waals surface area contributed by atoms with Gasteiger partial charge in [-0.2, -0.15) is 0 Å². The Labute approximate surface area is 130 Å². The lowest BCUT2D eigenvalue weighted by Crippen LogP contribution is -2.27. The Kier molecular flexibility index (Phi) is 4.96. The molecule has 2 N–H and O–H groups in total. The van der Waals surface area contributed by atoms with Gasteiger partial charge >= 0.3 is 0 Å². The fourth-order valence-corrected chi connectivity index (χ4v) is 4.26. The summed E-state index contributed by atoms with van der Waals surface area (Å²) in [7, 11) is -3.39. The number of hydrogen-bond donors (Lipinski definition) is 2. The van der Waals surface area contributed by atoms with Crippen molar-refractivity contribution < 1.29 is 13.2 Å². The van der Waals surface area contributed by atoms with E-state index in [-0.39, 0.29) is 0 Å². The molecule has 0 unspecified atom stereocenters. The van der Waals surface area contributed by atoms with Crippen molar-refractivity contribution in [2.24, 2.45) is 5.92 Å². The zero-order chi connectivity index (χ0) is 14.7. The summed E-state index contributed by atoms with van der Waals surface area (Å²) in [5, 5.41) is 5.30. The van der Waals surface area contributed by atoms with Gasteiger partial charge in [0.1, 0.15) is 4.21 Å². The molecule has 118 valence electrons. The molecule has 0 aliphatic heterocycles. The Morgan fingerprint density at radius 1 is 1.29 bits per heavy atom. The molecule has 0 atom stereocenters. The van der Waals surface area contributed by atoms with E-state index in [4.69, 9.17) is 4.74 Å². The van der Waals surface area contributed by atoms with E-state index < -0.39 is 10.0 Å². The van der Waals surface area contributed by atoms with Crippen LogP contribution in [-0.2, 0) is 21.3 Å². The molecule has 1 aromatic heterocycles. The number of nitrogens with one attached hydrogen (secondary N) is 2. The molecule has 1 aromatic rings. The maximum absolute atomic E-state index is 12.1. The van der Waals surface area contributed by atoms with Gasteiger partial charge in [-0.3, -0.25) is 0 Å². The van der Waals surface area contributed by atoms with Gasteiger partial charge in [0.25, 0.3) is 0 Å². The molecule has 7 heteroatoms. The molecular weight excluding hydrogens is 308 g/mol. The Morgan fingerprint density at radius 2 is 2.10 bits per heavy atom. The summed E-state index contributed by atoms with van der Waals surface area (Å²) in [6, 6.07) is 2.39. The van der Waals surface area contributed by atoms with Gasteiger partial charge in [-0.1, -0.05) is 0 Å². The molecule has 2 aliphatic carbocycles. The van der Waals surface area contributed by atoms with Gasteiger partial charge in [0.05, 0.1) is 6.61 Å². The van der Waals surface area contributed by atoms with Crippen LogP contribution in [0.5, 0.6) is 0 Å². The topological polar surface area (TPSA) is 67.4 Å². The quantitative estimate of drug-likeness (QED) is 0.641. The Bertz CT molecular complexity index is 563. The summed E-state index contributed by atoms with van der Waals surface area (Å²) < 4.78 is 32.7. The molecule has 2 aliphatic rings. The summed E-state index contributed by atoms with van der Waals surface area (Å²) in [4.78, 5) is 0. The second-order valence-corrected chi connectivity index (χ2v) is 8.75. The van der Waals surface area contributed by atoms with Crippen LogP contribution in [0.2, 0.25) is 0 Å². The van der Waals surface area contributed by atoms with Crippen LogP contribution in [0.15, 0.2) is 15.7 Å². The fraction of sp³-hybridized carbons (Fsp3) is 0.714. The van der Waals surface area contributed by atoms with Gasteiger partial charge in [0.15, 0.2) is 0 Å². The van der Waals surface area contributed by atoms with Crippen molar-refractivity contribution in [1.29, 1.82) is 0 Å². The first-order valence-corrected chi connectivity index (χ1v) is 9.88. The largest absolute Gasteiger partial charge is 0.380 e. The highest BCUT2D eigenvalue weighted by molar-refractivity contribution is 7.91. The van der Waals surface area contributed by atoms with Crippen molar-refractivity contribution in [3.05, 3.63) is 17.0 Å². The van der Waals surface area contributed by atoms with Gasteiger partial charge in [-0.05, 0) is 48.6 Å². The third kappa shape index (κ3) is 5.03. The first-order chi connectivity index (χ1) is 10.1. The van der Waals surface area contributed by atoms with Crippen molar-refractivity contribution in [1.82, 2.24) is 10.0 Å². The third-order valence-electron chi connectivity index (χ3n) is 3.66. The molecule has 2 saturated carbocycles. The van der Waals surface area contributed by atoms with Gasteiger partial charge in [-0.15, -0.1) is 11.3 Å². The highest BCUT2D eigenvalue weighted by atomic mass is 32.2. The van der Waals surface area contributed by atoms with Crippen LogP contribution in [0.3, 0.4) is 0 Å². The molecule has 21 heavy (non-hydrogen) atoms. The highest BCUT2D eigenvalue weighted by Crippen LogP contribution is 2.28. The van der Waals surface area contributed by atoms with Crippen molar-refractivity contribution in [3.8, 4) is 0 Å². The molecule has 0 radical (unpaired) electrons. The number of rotatable bonds is 10. The lowest BCUT2D eigenvalue weighted by molar-refractivity contribution is 0.129. The van der Waals surface area contributed by atoms with Crippen LogP contribution in [0.1, 0.15) is 31.2 Å². The second-order valence-electron chi connectivity index (χ2n) is 5.85. The molecule has 0 aromatic carbocycles. The molecule has 1 heterocycles. The normalized spacial score (nSPS) is 19.0. The predicted molar refractivity (Wildman–Crippen MR) is 82.9 cm³/mol. The van der Waals surface area contributed by atoms with Crippen LogP contribution in [-0.4, -0.2) is 34.2 Å². The van der Waals surface area contributed by atoms with Crippen LogP contribution in [0.4, 0.5) is 0 Å². The van der Waals surface area contributed by atoms with Gasteiger partial charge in [-0.25, -0.2) is 13.1 Å². The minimum absolute atomic E-state index is 0.336. The summed E-state index contributed by atoms with van der Waals surface area (Å²) in [6.45, 7) is 2.29. The molecular formula is C14H22N2O3S2. The number of hydrogen-bond acceptors (Lipinski definition) is 5. The molecule has 3 rings (SSSR count). The minimum Gasteiger partial charge on any atom is -0.380 e. The minimum atomic E-state index is -3.39. The van der Waals surface area contributed by atoms with Gasteiger partial charge < -0.3 is 10.1 Å². The maximum atomic E-state index is 12.1. The van der Waals surface area contributed by atoms with Crippen LogP contribution >= 0.6 is 11.3 Å². The first-order valence-electron chi connectivity index (χ1n) is 7.52.